The maximum absolute atomic E-state index is 12.0. The monoisotopic (exact) mass is 334 g/mol. The average Bonchev–Trinajstić information content (AvgIpc) is 2.58. The van der Waals surface area contributed by atoms with E-state index in [1.54, 1.807) is 33.1 Å². The quantitative estimate of drug-likeness (QED) is 0.428. The van der Waals surface area contributed by atoms with Crippen LogP contribution in [0.5, 0.6) is 5.75 Å². The molecular formula is C18H26N2O4. The van der Waals surface area contributed by atoms with E-state index in [9.17, 15) is 9.59 Å². The molecular weight excluding hydrogens is 308 g/mol. The highest BCUT2D eigenvalue weighted by Crippen LogP contribution is 2.12. The lowest BCUT2D eigenvalue weighted by Crippen LogP contribution is -2.28. The third kappa shape index (κ3) is 6.40. The molecule has 0 aliphatic heterocycles. The maximum atomic E-state index is 12.0. The zero-order valence-electron chi connectivity index (χ0n) is 14.8. The number of nitrogens with one attached hydrogen (secondary N) is 1. The Morgan fingerprint density at radius 1 is 1.21 bits per heavy atom. The summed E-state index contributed by atoms with van der Waals surface area (Å²) in [4.78, 5) is 23.9. The van der Waals surface area contributed by atoms with Crippen LogP contribution in [-0.2, 0) is 20.7 Å². The Labute approximate surface area is 143 Å². The summed E-state index contributed by atoms with van der Waals surface area (Å²) in [7, 11) is 1.59. The van der Waals surface area contributed by atoms with Gasteiger partial charge in [-0.05, 0) is 38.0 Å². The molecule has 0 heterocycles. The van der Waals surface area contributed by atoms with Crippen molar-refractivity contribution in [1.82, 2.24) is 5.43 Å². The van der Waals surface area contributed by atoms with E-state index in [-0.39, 0.29) is 18.3 Å². The first-order valence-electron chi connectivity index (χ1n) is 8.14. The maximum Gasteiger partial charge on any atom is 0.314 e. The van der Waals surface area contributed by atoms with Gasteiger partial charge >= 0.3 is 5.97 Å². The van der Waals surface area contributed by atoms with Crippen molar-refractivity contribution in [3.05, 3.63) is 29.8 Å². The fraction of sp³-hybridized carbons (Fsp3) is 0.500. The van der Waals surface area contributed by atoms with Gasteiger partial charge in [-0.1, -0.05) is 25.5 Å². The SMILES string of the molecule is CCC[C@H](C(=O)OCC)C(C)=NNC(=O)Cc1ccc(OC)cc1. The van der Waals surface area contributed by atoms with Crippen LogP contribution in [0.3, 0.4) is 0 Å². The molecule has 0 aliphatic rings. The van der Waals surface area contributed by atoms with Gasteiger partial charge in [0.15, 0.2) is 0 Å². The summed E-state index contributed by atoms with van der Waals surface area (Å²) in [6.45, 7) is 5.81. The molecule has 0 aromatic heterocycles. The zero-order chi connectivity index (χ0) is 17.9. The molecule has 1 amide bonds. The van der Waals surface area contributed by atoms with E-state index in [4.69, 9.17) is 9.47 Å². The predicted molar refractivity (Wildman–Crippen MR) is 93.0 cm³/mol. The largest absolute Gasteiger partial charge is 0.497 e. The summed E-state index contributed by atoms with van der Waals surface area (Å²) in [5, 5.41) is 4.07. The first kappa shape index (κ1) is 19.7. The Morgan fingerprint density at radius 3 is 2.42 bits per heavy atom. The van der Waals surface area contributed by atoms with Crippen LogP contribution in [0.1, 0.15) is 39.2 Å². The number of hydrazone groups is 1. The van der Waals surface area contributed by atoms with Gasteiger partial charge in [-0.25, -0.2) is 5.43 Å². The van der Waals surface area contributed by atoms with Crippen LogP contribution in [0.15, 0.2) is 29.4 Å². The molecule has 1 atom stereocenters. The molecule has 0 spiro atoms. The lowest BCUT2D eigenvalue weighted by Gasteiger charge is -2.14. The summed E-state index contributed by atoms with van der Waals surface area (Å²) in [5.41, 5.74) is 3.92. The lowest BCUT2D eigenvalue weighted by atomic mass is 9.99. The van der Waals surface area contributed by atoms with Crippen molar-refractivity contribution >= 4 is 17.6 Å². The Balaban J connectivity index is 2.63. The average molecular weight is 334 g/mol. The van der Waals surface area contributed by atoms with E-state index in [2.05, 4.69) is 10.5 Å². The van der Waals surface area contributed by atoms with Crippen molar-refractivity contribution in [2.75, 3.05) is 13.7 Å². The van der Waals surface area contributed by atoms with Crippen LogP contribution < -0.4 is 10.2 Å². The summed E-state index contributed by atoms with van der Waals surface area (Å²) in [5.74, 6) is -0.218. The van der Waals surface area contributed by atoms with Crippen LogP contribution in [0.4, 0.5) is 0 Å². The molecule has 0 unspecified atom stereocenters. The van der Waals surface area contributed by atoms with Gasteiger partial charge in [0.05, 0.1) is 26.1 Å². The smallest absolute Gasteiger partial charge is 0.314 e. The van der Waals surface area contributed by atoms with E-state index in [0.717, 1.165) is 17.7 Å². The van der Waals surface area contributed by atoms with Crippen molar-refractivity contribution in [3.8, 4) is 5.75 Å². The fourth-order valence-electron chi connectivity index (χ4n) is 2.23. The summed E-state index contributed by atoms with van der Waals surface area (Å²) in [6, 6.07) is 7.26. The minimum atomic E-state index is -0.420. The van der Waals surface area contributed by atoms with Crippen LogP contribution in [0, 0.1) is 5.92 Å². The number of benzene rings is 1. The van der Waals surface area contributed by atoms with Crippen molar-refractivity contribution in [2.24, 2.45) is 11.0 Å². The Bertz CT molecular complexity index is 567. The molecule has 0 fully saturated rings. The molecule has 0 saturated carbocycles. The minimum Gasteiger partial charge on any atom is -0.497 e. The molecule has 1 aromatic carbocycles. The molecule has 1 aromatic rings. The van der Waals surface area contributed by atoms with E-state index in [1.807, 2.05) is 19.1 Å². The Kier molecular flexibility index (Phi) is 8.54. The number of carbonyl (C=O) groups excluding carboxylic acids is 2. The van der Waals surface area contributed by atoms with Gasteiger partial charge in [0.1, 0.15) is 5.75 Å². The van der Waals surface area contributed by atoms with Crippen LogP contribution in [-0.4, -0.2) is 31.3 Å². The standard InChI is InChI=1S/C18H26N2O4/c1-5-7-16(18(22)24-6-2)13(3)19-20-17(21)12-14-8-10-15(23-4)11-9-14/h8-11,16H,5-7,12H2,1-4H3,(H,20,21)/t16-/m0/s1. The van der Waals surface area contributed by atoms with Gasteiger partial charge in [0, 0.05) is 5.71 Å². The second kappa shape index (κ2) is 10.4. The Morgan fingerprint density at radius 2 is 1.88 bits per heavy atom. The van der Waals surface area contributed by atoms with Crippen molar-refractivity contribution in [1.29, 1.82) is 0 Å². The van der Waals surface area contributed by atoms with E-state index in [0.29, 0.717) is 18.7 Å². The molecule has 0 saturated heterocycles. The normalized spacial score (nSPS) is 12.4. The molecule has 0 bridgehead atoms. The van der Waals surface area contributed by atoms with Gasteiger partial charge in [-0.15, -0.1) is 0 Å². The molecule has 6 nitrogen and oxygen atoms in total. The summed E-state index contributed by atoms with van der Waals surface area (Å²) < 4.78 is 10.1. The van der Waals surface area contributed by atoms with E-state index >= 15 is 0 Å². The number of hydrogen-bond donors (Lipinski definition) is 1. The van der Waals surface area contributed by atoms with E-state index in [1.165, 1.54) is 0 Å². The second-order valence-corrected chi connectivity index (χ2v) is 5.41. The molecule has 1 N–H and O–H groups in total. The number of nitrogens with zero attached hydrogens (tertiary/aromatic N) is 1. The molecule has 24 heavy (non-hydrogen) atoms. The third-order valence-electron chi connectivity index (χ3n) is 3.53. The second-order valence-electron chi connectivity index (χ2n) is 5.41. The summed E-state index contributed by atoms with van der Waals surface area (Å²) >= 11 is 0. The molecule has 1 rings (SSSR count). The van der Waals surface area contributed by atoms with Crippen LogP contribution in [0.2, 0.25) is 0 Å². The van der Waals surface area contributed by atoms with Gasteiger partial charge < -0.3 is 9.47 Å². The number of ether oxygens (including phenoxy) is 2. The van der Waals surface area contributed by atoms with Gasteiger partial charge in [0.25, 0.3) is 0 Å². The lowest BCUT2D eigenvalue weighted by molar-refractivity contribution is -0.145. The number of esters is 1. The van der Waals surface area contributed by atoms with Gasteiger partial charge in [0.2, 0.25) is 5.91 Å². The van der Waals surface area contributed by atoms with E-state index < -0.39 is 5.92 Å². The van der Waals surface area contributed by atoms with Crippen LogP contribution in [0.25, 0.3) is 0 Å². The molecule has 0 radical (unpaired) electrons. The first-order chi connectivity index (χ1) is 11.5. The van der Waals surface area contributed by atoms with Crippen molar-refractivity contribution < 1.29 is 19.1 Å². The highest BCUT2D eigenvalue weighted by atomic mass is 16.5. The van der Waals surface area contributed by atoms with Crippen molar-refractivity contribution in [3.63, 3.8) is 0 Å². The highest BCUT2D eigenvalue weighted by Gasteiger charge is 2.22. The third-order valence-corrected chi connectivity index (χ3v) is 3.53. The number of hydrogen-bond acceptors (Lipinski definition) is 5. The Hall–Kier alpha value is -2.37. The van der Waals surface area contributed by atoms with Gasteiger partial charge in [-0.2, -0.15) is 5.10 Å². The van der Waals surface area contributed by atoms with Crippen LogP contribution >= 0.6 is 0 Å². The number of rotatable bonds is 9. The zero-order valence-corrected chi connectivity index (χ0v) is 14.8. The summed E-state index contributed by atoms with van der Waals surface area (Å²) in [6.07, 6.45) is 1.68. The first-order valence-corrected chi connectivity index (χ1v) is 8.14. The fourth-order valence-corrected chi connectivity index (χ4v) is 2.23. The van der Waals surface area contributed by atoms with Crippen molar-refractivity contribution in [2.45, 2.75) is 40.0 Å². The number of carbonyl (C=O) groups is 2. The number of amides is 1. The molecule has 6 heteroatoms. The topological polar surface area (TPSA) is 77.0 Å². The molecule has 132 valence electrons. The van der Waals surface area contributed by atoms with Gasteiger partial charge in [-0.3, -0.25) is 9.59 Å². The molecule has 0 aliphatic carbocycles. The minimum absolute atomic E-state index is 0.207. The predicted octanol–water partition coefficient (Wildman–Crippen LogP) is 2.71. The highest BCUT2D eigenvalue weighted by molar-refractivity contribution is 6.01. The number of methoxy groups -OCH3 is 1.